The lowest BCUT2D eigenvalue weighted by molar-refractivity contribution is 0.0953. The van der Waals surface area contributed by atoms with Crippen LogP contribution < -0.4 is 20.3 Å². The van der Waals surface area contributed by atoms with E-state index in [4.69, 9.17) is 16.3 Å². The highest BCUT2D eigenvalue weighted by Crippen LogP contribution is 2.23. The third kappa shape index (κ3) is 7.49. The summed E-state index contributed by atoms with van der Waals surface area (Å²) in [6.07, 6.45) is 0.570. The third-order valence-electron chi connectivity index (χ3n) is 5.56. The Kier molecular flexibility index (Phi) is 8.77. The molecule has 3 rings (SSSR count). The molecule has 0 aliphatic carbocycles. The molecule has 0 bridgehead atoms. The van der Waals surface area contributed by atoms with Crippen LogP contribution >= 0.6 is 11.6 Å². The molecule has 7 heteroatoms. The highest BCUT2D eigenvalue weighted by atomic mass is 35.5. The molecule has 6 nitrogen and oxygen atoms in total. The van der Waals surface area contributed by atoms with Gasteiger partial charge in [0.25, 0.3) is 5.91 Å². The summed E-state index contributed by atoms with van der Waals surface area (Å²) in [6, 6.07) is 21.6. The molecule has 0 saturated heterocycles. The molecule has 35 heavy (non-hydrogen) atoms. The highest BCUT2D eigenvalue weighted by Gasteiger charge is 2.17. The average Bonchev–Trinajstić information content (AvgIpc) is 2.83. The van der Waals surface area contributed by atoms with Gasteiger partial charge < -0.3 is 15.4 Å². The first kappa shape index (κ1) is 26.1. The fraction of sp³-hybridized carbons (Fsp3) is 0.286. The van der Waals surface area contributed by atoms with Crippen molar-refractivity contribution in [1.82, 2.24) is 5.32 Å². The van der Waals surface area contributed by atoms with Gasteiger partial charge in [-0.05, 0) is 72.0 Å². The molecular weight excluding hydrogens is 462 g/mol. The number of ether oxygens (including phenoxy) is 1. The van der Waals surface area contributed by atoms with E-state index in [0.717, 1.165) is 5.69 Å². The molecule has 0 aromatic heterocycles. The number of methoxy groups -OCH3 is 1. The van der Waals surface area contributed by atoms with Crippen LogP contribution in [0.15, 0.2) is 72.8 Å². The predicted octanol–water partition coefficient (Wildman–Crippen LogP) is 6.50. The largest absolute Gasteiger partial charge is 0.497 e. The molecule has 2 N–H and O–H groups in total. The lowest BCUT2D eigenvalue weighted by Crippen LogP contribution is -2.37. The zero-order chi connectivity index (χ0) is 25.4. The fourth-order valence-corrected chi connectivity index (χ4v) is 3.72. The second-order valence-electron chi connectivity index (χ2n) is 9.23. The summed E-state index contributed by atoms with van der Waals surface area (Å²) in [5.41, 5.74) is 3.15. The topological polar surface area (TPSA) is 70.7 Å². The number of nitrogens with one attached hydrogen (secondary N) is 2. The van der Waals surface area contributed by atoms with Crippen molar-refractivity contribution < 1.29 is 14.3 Å². The number of halogens is 1. The minimum absolute atomic E-state index is 0.0333. The molecule has 0 heterocycles. The molecule has 0 aliphatic rings. The van der Waals surface area contributed by atoms with E-state index in [2.05, 4.69) is 31.4 Å². The lowest BCUT2D eigenvalue weighted by Gasteiger charge is -2.24. The van der Waals surface area contributed by atoms with E-state index in [1.807, 2.05) is 36.4 Å². The zero-order valence-corrected chi connectivity index (χ0v) is 21.4. The van der Waals surface area contributed by atoms with Crippen LogP contribution in [0.25, 0.3) is 0 Å². The van der Waals surface area contributed by atoms with Crippen LogP contribution in [-0.2, 0) is 5.41 Å². The first-order valence-corrected chi connectivity index (χ1v) is 11.9. The van der Waals surface area contributed by atoms with E-state index in [-0.39, 0.29) is 17.4 Å². The number of rotatable bonds is 8. The highest BCUT2D eigenvalue weighted by molar-refractivity contribution is 6.30. The van der Waals surface area contributed by atoms with E-state index in [1.165, 1.54) is 5.56 Å². The lowest BCUT2D eigenvalue weighted by atomic mass is 9.87. The number of urea groups is 1. The maximum Gasteiger partial charge on any atom is 0.326 e. The normalized spacial score (nSPS) is 11.0. The number of carbonyl (C=O) groups is 2. The Morgan fingerprint density at radius 2 is 1.66 bits per heavy atom. The Labute approximate surface area is 212 Å². The monoisotopic (exact) mass is 493 g/mol. The van der Waals surface area contributed by atoms with Crippen LogP contribution in [0.4, 0.5) is 16.2 Å². The number of amides is 3. The molecule has 0 saturated carbocycles. The molecule has 0 radical (unpaired) electrons. The minimum Gasteiger partial charge on any atom is -0.497 e. The second-order valence-corrected chi connectivity index (χ2v) is 9.66. The molecule has 184 valence electrons. The van der Waals surface area contributed by atoms with Crippen LogP contribution in [0.2, 0.25) is 5.02 Å². The fourth-order valence-electron chi connectivity index (χ4n) is 3.53. The number of hydrogen-bond acceptors (Lipinski definition) is 3. The van der Waals surface area contributed by atoms with Gasteiger partial charge in [0.05, 0.1) is 7.11 Å². The Hall–Kier alpha value is -3.51. The van der Waals surface area contributed by atoms with Crippen LogP contribution in [0, 0.1) is 0 Å². The number of benzene rings is 3. The van der Waals surface area contributed by atoms with Gasteiger partial charge in [0.2, 0.25) is 0 Å². The summed E-state index contributed by atoms with van der Waals surface area (Å²) in [5, 5.41) is 6.37. The first-order valence-electron chi connectivity index (χ1n) is 11.5. The van der Waals surface area contributed by atoms with E-state index in [1.54, 1.807) is 48.4 Å². The first-order chi connectivity index (χ1) is 16.7. The average molecular weight is 494 g/mol. The van der Waals surface area contributed by atoms with Crippen molar-refractivity contribution in [2.24, 2.45) is 0 Å². The Morgan fingerprint density at radius 1 is 0.971 bits per heavy atom. The number of hydrogen-bond donors (Lipinski definition) is 2. The third-order valence-corrected chi connectivity index (χ3v) is 5.80. The van der Waals surface area contributed by atoms with Gasteiger partial charge in [-0.3, -0.25) is 9.69 Å². The predicted molar refractivity (Wildman–Crippen MR) is 143 cm³/mol. The van der Waals surface area contributed by atoms with E-state index in [9.17, 15) is 9.59 Å². The van der Waals surface area contributed by atoms with Crippen LogP contribution in [0.3, 0.4) is 0 Å². The standard InChI is InChI=1S/C28H32ClN3O3/c1-28(2,3)21-11-9-20(10-12-21)26(33)30-17-6-18-32(24-13-15-25(35-4)16-14-24)27(34)31-23-8-5-7-22(29)19-23/h5,7-16,19H,6,17-18H2,1-4H3,(H,30,33)(H,31,34). The summed E-state index contributed by atoms with van der Waals surface area (Å²) in [4.78, 5) is 27.3. The Morgan fingerprint density at radius 3 is 2.26 bits per heavy atom. The molecule has 0 aliphatic heterocycles. The molecule has 0 unspecified atom stereocenters. The Bertz CT molecular complexity index is 1140. The van der Waals surface area contributed by atoms with Gasteiger partial charge in [0, 0.05) is 35.1 Å². The van der Waals surface area contributed by atoms with Gasteiger partial charge in [-0.2, -0.15) is 0 Å². The Balaban J connectivity index is 1.62. The van der Waals surface area contributed by atoms with Gasteiger partial charge in [0.1, 0.15) is 5.75 Å². The van der Waals surface area contributed by atoms with Crippen LogP contribution in [0.5, 0.6) is 5.75 Å². The van der Waals surface area contributed by atoms with Crippen molar-refractivity contribution in [3.05, 3.63) is 88.9 Å². The van der Waals surface area contributed by atoms with Crippen molar-refractivity contribution >= 4 is 34.9 Å². The van der Waals surface area contributed by atoms with Crippen LogP contribution in [-0.4, -0.2) is 32.1 Å². The molecule has 0 fully saturated rings. The van der Waals surface area contributed by atoms with Crippen LogP contribution in [0.1, 0.15) is 43.1 Å². The molecule has 3 aromatic rings. The second kappa shape index (κ2) is 11.8. The maximum atomic E-state index is 13.1. The molecular formula is C28H32ClN3O3. The quantitative estimate of drug-likeness (QED) is 0.351. The number of nitrogens with zero attached hydrogens (tertiary/aromatic N) is 1. The van der Waals surface area contributed by atoms with E-state index < -0.39 is 0 Å². The summed E-state index contributed by atoms with van der Waals surface area (Å²) in [6.45, 7) is 7.25. The van der Waals surface area contributed by atoms with Gasteiger partial charge in [-0.1, -0.05) is 50.6 Å². The number of anilines is 2. The molecule has 3 aromatic carbocycles. The maximum absolute atomic E-state index is 13.1. The summed E-state index contributed by atoms with van der Waals surface area (Å²) in [5.74, 6) is 0.568. The summed E-state index contributed by atoms with van der Waals surface area (Å²) < 4.78 is 5.23. The van der Waals surface area contributed by atoms with E-state index in [0.29, 0.717) is 41.5 Å². The van der Waals surface area contributed by atoms with E-state index >= 15 is 0 Å². The van der Waals surface area contributed by atoms with Crippen molar-refractivity contribution in [2.75, 3.05) is 30.4 Å². The zero-order valence-electron chi connectivity index (χ0n) is 20.6. The van der Waals surface area contributed by atoms with Gasteiger partial charge >= 0.3 is 6.03 Å². The van der Waals surface area contributed by atoms with Gasteiger partial charge in [0.15, 0.2) is 0 Å². The van der Waals surface area contributed by atoms with Gasteiger partial charge in [-0.25, -0.2) is 4.79 Å². The summed E-state index contributed by atoms with van der Waals surface area (Å²) >= 11 is 6.05. The summed E-state index contributed by atoms with van der Waals surface area (Å²) in [7, 11) is 1.60. The molecule has 3 amide bonds. The van der Waals surface area contributed by atoms with Crippen molar-refractivity contribution in [3.63, 3.8) is 0 Å². The van der Waals surface area contributed by atoms with Crippen molar-refractivity contribution in [3.8, 4) is 5.75 Å². The van der Waals surface area contributed by atoms with Crippen molar-refractivity contribution in [2.45, 2.75) is 32.6 Å². The molecule has 0 spiro atoms. The SMILES string of the molecule is COc1ccc(N(CCCNC(=O)c2ccc(C(C)(C)C)cc2)C(=O)Nc2cccc(Cl)c2)cc1. The number of carbonyl (C=O) groups excluding carboxylic acids is 2. The minimum atomic E-state index is -0.290. The van der Waals surface area contributed by atoms with Gasteiger partial charge in [-0.15, -0.1) is 0 Å². The smallest absolute Gasteiger partial charge is 0.326 e. The van der Waals surface area contributed by atoms with Crippen molar-refractivity contribution in [1.29, 1.82) is 0 Å². The molecule has 0 atom stereocenters.